The van der Waals surface area contributed by atoms with Gasteiger partial charge in [-0.15, -0.1) is 11.3 Å². The third-order valence-electron chi connectivity index (χ3n) is 3.44. The minimum atomic E-state index is -0.299. The van der Waals surface area contributed by atoms with E-state index in [9.17, 15) is 9.59 Å². The molecule has 6 nitrogen and oxygen atoms in total. The average molecular weight is 346 g/mol. The van der Waals surface area contributed by atoms with Crippen LogP contribution < -0.4 is 15.5 Å². The van der Waals surface area contributed by atoms with Crippen LogP contribution in [0.1, 0.15) is 38.2 Å². The number of hydrogen-bond donors (Lipinski definition) is 2. The number of thiazole rings is 1. The van der Waals surface area contributed by atoms with E-state index < -0.39 is 0 Å². The molecule has 2 rings (SSSR count). The molecule has 0 saturated heterocycles. The van der Waals surface area contributed by atoms with Crippen LogP contribution in [0.15, 0.2) is 29.6 Å². The Morgan fingerprint density at radius 2 is 1.88 bits per heavy atom. The van der Waals surface area contributed by atoms with Gasteiger partial charge >= 0.3 is 0 Å². The number of carbonyl (C=O) groups is 2. The van der Waals surface area contributed by atoms with Gasteiger partial charge in [0.25, 0.3) is 5.91 Å². The molecule has 1 aromatic heterocycles. The first kappa shape index (κ1) is 17.9. The molecule has 0 atom stereocenters. The van der Waals surface area contributed by atoms with Gasteiger partial charge in [-0.1, -0.05) is 0 Å². The molecule has 0 spiro atoms. The van der Waals surface area contributed by atoms with Crippen molar-refractivity contribution in [1.29, 1.82) is 0 Å². The van der Waals surface area contributed by atoms with Gasteiger partial charge in [0.1, 0.15) is 5.69 Å². The number of nitrogens with one attached hydrogen (secondary N) is 2. The van der Waals surface area contributed by atoms with E-state index in [0.717, 1.165) is 12.2 Å². The van der Waals surface area contributed by atoms with Gasteiger partial charge < -0.3 is 15.5 Å². The Labute approximate surface area is 145 Å². The second-order valence-corrected chi connectivity index (χ2v) is 6.46. The molecule has 128 valence electrons. The van der Waals surface area contributed by atoms with Crippen LogP contribution in [0.25, 0.3) is 0 Å². The van der Waals surface area contributed by atoms with Gasteiger partial charge in [0.05, 0.1) is 0 Å². The summed E-state index contributed by atoms with van der Waals surface area (Å²) in [7, 11) is 0. The zero-order chi connectivity index (χ0) is 17.7. The van der Waals surface area contributed by atoms with E-state index in [-0.39, 0.29) is 17.5 Å². The summed E-state index contributed by atoms with van der Waals surface area (Å²) < 4.78 is 0. The number of anilines is 3. The Kier molecular flexibility index (Phi) is 5.92. The lowest BCUT2D eigenvalue weighted by atomic mass is 10.2. The molecule has 0 bridgehead atoms. The quantitative estimate of drug-likeness (QED) is 0.838. The van der Waals surface area contributed by atoms with Crippen molar-refractivity contribution in [3.05, 3.63) is 35.3 Å². The number of amides is 2. The lowest BCUT2D eigenvalue weighted by molar-refractivity contribution is -0.114. The van der Waals surface area contributed by atoms with Crippen LogP contribution in [0.4, 0.5) is 16.5 Å². The lowest BCUT2D eigenvalue weighted by Gasteiger charge is -2.27. The highest BCUT2D eigenvalue weighted by Crippen LogP contribution is 2.21. The van der Waals surface area contributed by atoms with E-state index in [1.54, 1.807) is 5.38 Å². The first-order valence-electron chi connectivity index (χ1n) is 7.82. The Hall–Kier alpha value is -2.41. The maximum absolute atomic E-state index is 12.2. The molecule has 0 unspecified atom stereocenters. The fraction of sp³-hybridized carbons (Fsp3) is 0.353. The standard InChI is InChI=1S/C17H22N4O2S/c1-5-21(11(2)3)14-8-6-13(7-9-14)19-16(23)15-10-24-17(20-15)18-12(4)22/h6-11H,5H2,1-4H3,(H,19,23)(H,18,20,22). The van der Waals surface area contributed by atoms with Crippen molar-refractivity contribution < 1.29 is 9.59 Å². The van der Waals surface area contributed by atoms with E-state index in [1.807, 2.05) is 24.3 Å². The van der Waals surface area contributed by atoms with Crippen molar-refractivity contribution in [3.63, 3.8) is 0 Å². The summed E-state index contributed by atoms with van der Waals surface area (Å²) in [5, 5.41) is 7.41. The van der Waals surface area contributed by atoms with Gasteiger partial charge in [0.15, 0.2) is 5.13 Å². The number of aromatic nitrogens is 1. The first-order valence-corrected chi connectivity index (χ1v) is 8.69. The van der Waals surface area contributed by atoms with Gasteiger partial charge in [0.2, 0.25) is 5.91 Å². The van der Waals surface area contributed by atoms with Crippen molar-refractivity contribution in [2.75, 3.05) is 22.1 Å². The summed E-state index contributed by atoms with van der Waals surface area (Å²) in [5.74, 6) is -0.510. The first-order chi connectivity index (χ1) is 11.4. The molecule has 0 radical (unpaired) electrons. The third-order valence-corrected chi connectivity index (χ3v) is 4.20. The van der Waals surface area contributed by atoms with Crippen LogP contribution in [0.2, 0.25) is 0 Å². The maximum Gasteiger partial charge on any atom is 0.275 e. The SMILES string of the molecule is CCN(c1ccc(NC(=O)c2csc(NC(C)=O)n2)cc1)C(C)C. The van der Waals surface area contributed by atoms with E-state index in [1.165, 1.54) is 18.3 Å². The molecule has 0 saturated carbocycles. The molecule has 2 amide bonds. The summed E-state index contributed by atoms with van der Waals surface area (Å²) in [4.78, 5) is 29.6. The predicted molar refractivity (Wildman–Crippen MR) is 99.0 cm³/mol. The molecule has 2 aromatic rings. The van der Waals surface area contributed by atoms with Gasteiger partial charge in [-0.2, -0.15) is 0 Å². The summed E-state index contributed by atoms with van der Waals surface area (Å²) in [6.45, 7) is 8.74. The second-order valence-electron chi connectivity index (χ2n) is 5.60. The Bertz CT molecular complexity index is 710. The maximum atomic E-state index is 12.2. The van der Waals surface area contributed by atoms with Crippen molar-refractivity contribution in [2.45, 2.75) is 33.7 Å². The van der Waals surface area contributed by atoms with E-state index in [2.05, 4.69) is 41.3 Å². The van der Waals surface area contributed by atoms with Crippen LogP contribution in [-0.2, 0) is 4.79 Å². The van der Waals surface area contributed by atoms with Crippen LogP contribution >= 0.6 is 11.3 Å². The van der Waals surface area contributed by atoms with Gasteiger partial charge in [-0.05, 0) is 45.0 Å². The minimum Gasteiger partial charge on any atom is -0.369 e. The van der Waals surface area contributed by atoms with Crippen LogP contribution in [0, 0.1) is 0 Å². The van der Waals surface area contributed by atoms with E-state index in [4.69, 9.17) is 0 Å². The molecular formula is C17H22N4O2S. The second kappa shape index (κ2) is 7.92. The molecule has 0 aliphatic heterocycles. The van der Waals surface area contributed by atoms with Crippen LogP contribution in [0.3, 0.4) is 0 Å². The van der Waals surface area contributed by atoms with Crippen molar-refractivity contribution in [2.24, 2.45) is 0 Å². The van der Waals surface area contributed by atoms with Crippen LogP contribution in [0.5, 0.6) is 0 Å². The van der Waals surface area contributed by atoms with E-state index in [0.29, 0.717) is 16.9 Å². The summed E-state index contributed by atoms with van der Waals surface area (Å²) >= 11 is 1.22. The number of nitrogens with zero attached hydrogens (tertiary/aromatic N) is 2. The Balaban J connectivity index is 2.04. The minimum absolute atomic E-state index is 0.211. The summed E-state index contributed by atoms with van der Waals surface area (Å²) in [6.07, 6.45) is 0. The van der Waals surface area contributed by atoms with Gasteiger partial charge in [-0.3, -0.25) is 9.59 Å². The fourth-order valence-electron chi connectivity index (χ4n) is 2.36. The molecule has 7 heteroatoms. The van der Waals surface area contributed by atoms with Gasteiger partial charge in [-0.25, -0.2) is 4.98 Å². The summed E-state index contributed by atoms with van der Waals surface area (Å²) in [5.41, 5.74) is 2.11. The molecule has 0 fully saturated rings. The van der Waals surface area contributed by atoms with Crippen LogP contribution in [-0.4, -0.2) is 29.4 Å². The number of hydrogen-bond acceptors (Lipinski definition) is 5. The molecule has 0 aliphatic carbocycles. The predicted octanol–water partition coefficient (Wildman–Crippen LogP) is 3.59. The number of rotatable bonds is 6. The topological polar surface area (TPSA) is 74.3 Å². The van der Waals surface area contributed by atoms with Crippen molar-refractivity contribution in [1.82, 2.24) is 4.98 Å². The third kappa shape index (κ3) is 4.55. The smallest absolute Gasteiger partial charge is 0.275 e. The normalized spacial score (nSPS) is 10.5. The highest BCUT2D eigenvalue weighted by molar-refractivity contribution is 7.14. The monoisotopic (exact) mass is 346 g/mol. The van der Waals surface area contributed by atoms with Crippen molar-refractivity contribution >= 4 is 39.7 Å². The zero-order valence-electron chi connectivity index (χ0n) is 14.3. The van der Waals surface area contributed by atoms with E-state index >= 15 is 0 Å². The zero-order valence-corrected chi connectivity index (χ0v) is 15.1. The molecule has 1 heterocycles. The number of carbonyl (C=O) groups excluding carboxylic acids is 2. The highest BCUT2D eigenvalue weighted by Gasteiger charge is 2.12. The average Bonchev–Trinajstić information content (AvgIpc) is 2.97. The Morgan fingerprint density at radius 1 is 1.21 bits per heavy atom. The van der Waals surface area contributed by atoms with Gasteiger partial charge in [0, 0.05) is 36.3 Å². The molecule has 0 aliphatic rings. The molecule has 2 N–H and O–H groups in total. The number of benzene rings is 1. The highest BCUT2D eigenvalue weighted by atomic mass is 32.1. The Morgan fingerprint density at radius 3 is 2.42 bits per heavy atom. The largest absolute Gasteiger partial charge is 0.369 e. The lowest BCUT2D eigenvalue weighted by Crippen LogP contribution is -2.30. The summed E-state index contributed by atoms with van der Waals surface area (Å²) in [6, 6.07) is 8.14. The molecule has 1 aromatic carbocycles. The fourth-order valence-corrected chi connectivity index (χ4v) is 3.10. The van der Waals surface area contributed by atoms with Crippen molar-refractivity contribution in [3.8, 4) is 0 Å². The molecular weight excluding hydrogens is 324 g/mol. The molecule has 24 heavy (non-hydrogen) atoms.